The number of ketones is 2. The molecule has 1 aliphatic carbocycles. The number of carbonyl (C=O) groups excluding carboxylic acids is 2. The Kier molecular flexibility index (Phi) is 6.38. The summed E-state index contributed by atoms with van der Waals surface area (Å²) in [4.78, 5) is 55.8. The number of methoxy groups -OCH3 is 3. The number of aromatic nitrogens is 2. The first-order valence-electron chi connectivity index (χ1n) is 13.3. The van der Waals surface area contributed by atoms with E-state index in [0.29, 0.717) is 11.3 Å². The van der Waals surface area contributed by atoms with Crippen LogP contribution in [0.3, 0.4) is 0 Å². The van der Waals surface area contributed by atoms with Crippen molar-refractivity contribution in [2.45, 2.75) is 24.9 Å². The summed E-state index contributed by atoms with van der Waals surface area (Å²) in [5.74, 6) is -2.66. The van der Waals surface area contributed by atoms with Crippen LogP contribution in [0.5, 0.6) is 28.7 Å². The van der Waals surface area contributed by atoms with Gasteiger partial charge in [0.05, 0.1) is 26.9 Å². The summed E-state index contributed by atoms with van der Waals surface area (Å²) in [6, 6.07) is 5.97. The van der Waals surface area contributed by atoms with Crippen LogP contribution in [0.1, 0.15) is 40.7 Å². The quantitative estimate of drug-likeness (QED) is 0.423. The Balaban J connectivity index is 1.62. The van der Waals surface area contributed by atoms with E-state index in [2.05, 4.69) is 5.32 Å². The summed E-state index contributed by atoms with van der Waals surface area (Å²) < 4.78 is 24.6. The molecule has 0 unspecified atom stereocenters. The van der Waals surface area contributed by atoms with Crippen LogP contribution in [0.2, 0.25) is 5.02 Å². The number of fused-ring (bicyclic) bond motifs is 2. The van der Waals surface area contributed by atoms with Crippen LogP contribution in [-0.4, -0.2) is 52.7 Å². The van der Waals surface area contributed by atoms with E-state index < -0.39 is 40.3 Å². The highest BCUT2D eigenvalue weighted by Crippen LogP contribution is 2.56. The molecule has 12 nitrogen and oxygen atoms in total. The Morgan fingerprint density at radius 2 is 1.65 bits per heavy atom. The molecule has 224 valence electrons. The maximum Gasteiger partial charge on any atom is 0.332 e. The van der Waals surface area contributed by atoms with Crippen molar-refractivity contribution in [2.24, 2.45) is 20.0 Å². The lowest BCUT2D eigenvalue weighted by Gasteiger charge is -2.42. The Bertz CT molecular complexity index is 1930. The molecule has 1 spiro atoms. The Labute approximate surface area is 250 Å². The van der Waals surface area contributed by atoms with E-state index in [0.717, 1.165) is 4.57 Å². The summed E-state index contributed by atoms with van der Waals surface area (Å²) >= 11 is 6.58. The minimum absolute atomic E-state index is 0.0101. The third kappa shape index (κ3) is 3.62. The number of Topliss-reactive ketones (excluding diaryl/α,β-unsaturated/α-hetero) is 2. The number of carbonyl (C=O) groups is 2. The van der Waals surface area contributed by atoms with Crippen molar-refractivity contribution >= 4 is 29.0 Å². The molecule has 43 heavy (non-hydrogen) atoms. The fourth-order valence-electron chi connectivity index (χ4n) is 6.41. The third-order valence-electron chi connectivity index (χ3n) is 8.61. The molecular weight excluding hydrogens is 582 g/mol. The molecule has 0 saturated heterocycles. The summed E-state index contributed by atoms with van der Waals surface area (Å²) in [6.07, 6.45) is 0.138. The van der Waals surface area contributed by atoms with Gasteiger partial charge in [0.1, 0.15) is 27.9 Å². The van der Waals surface area contributed by atoms with E-state index in [1.54, 1.807) is 13.0 Å². The van der Waals surface area contributed by atoms with Crippen molar-refractivity contribution < 1.29 is 33.6 Å². The molecule has 6 rings (SSSR count). The number of nitrogens with zero attached hydrogens (tertiary/aromatic N) is 2. The lowest BCUT2D eigenvalue weighted by atomic mass is 9.66. The van der Waals surface area contributed by atoms with E-state index in [1.165, 1.54) is 58.2 Å². The SMILES string of the molecule is COc1ccc([C@@H]2C3=C(C[C@@H](C)[C@]4(Oc5c(Cl)c(OC)cc(OC)c5C4=O)C3=O)Nc3c2c(=O)n(C)c(=O)n3C)cc1O. The monoisotopic (exact) mass is 609 g/mol. The van der Waals surface area contributed by atoms with Crippen molar-refractivity contribution in [2.75, 3.05) is 26.6 Å². The number of benzene rings is 2. The number of halogens is 1. The van der Waals surface area contributed by atoms with Crippen molar-refractivity contribution in [3.05, 3.63) is 78.1 Å². The van der Waals surface area contributed by atoms with Crippen LogP contribution >= 0.6 is 11.6 Å². The number of nitrogens with one attached hydrogen (secondary N) is 1. The molecule has 0 bridgehead atoms. The van der Waals surface area contributed by atoms with Crippen LogP contribution in [0.15, 0.2) is 45.1 Å². The molecule has 0 fully saturated rings. The molecular formula is C30H28ClN3O9. The molecule has 3 aromatic rings. The first kappa shape index (κ1) is 28.4. The van der Waals surface area contributed by atoms with Crippen LogP contribution in [-0.2, 0) is 18.9 Å². The van der Waals surface area contributed by atoms with Gasteiger partial charge in [-0.05, 0) is 24.1 Å². The number of phenolic OH excluding ortho intramolecular Hbond substituents is 1. The summed E-state index contributed by atoms with van der Waals surface area (Å²) in [6.45, 7) is 1.71. The predicted molar refractivity (Wildman–Crippen MR) is 155 cm³/mol. The van der Waals surface area contributed by atoms with E-state index in [1.807, 2.05) is 0 Å². The molecule has 13 heteroatoms. The number of anilines is 1. The Morgan fingerprint density at radius 3 is 2.28 bits per heavy atom. The predicted octanol–water partition coefficient (Wildman–Crippen LogP) is 2.90. The molecule has 0 amide bonds. The zero-order chi connectivity index (χ0) is 31.1. The van der Waals surface area contributed by atoms with Gasteiger partial charge in [-0.25, -0.2) is 4.79 Å². The molecule has 2 aromatic carbocycles. The van der Waals surface area contributed by atoms with Gasteiger partial charge in [0.25, 0.3) is 5.56 Å². The van der Waals surface area contributed by atoms with Crippen molar-refractivity contribution in [3.8, 4) is 28.7 Å². The first-order valence-corrected chi connectivity index (χ1v) is 13.7. The number of aromatic hydroxyl groups is 1. The topological polar surface area (TPSA) is 147 Å². The van der Waals surface area contributed by atoms with Crippen LogP contribution < -0.4 is 35.5 Å². The first-order chi connectivity index (χ1) is 20.4. The highest BCUT2D eigenvalue weighted by molar-refractivity contribution is 6.36. The van der Waals surface area contributed by atoms with Crippen LogP contribution in [0.4, 0.5) is 5.82 Å². The van der Waals surface area contributed by atoms with Gasteiger partial charge in [-0.3, -0.25) is 23.5 Å². The maximum absolute atomic E-state index is 14.9. The fourth-order valence-corrected chi connectivity index (χ4v) is 6.67. The highest BCUT2D eigenvalue weighted by Gasteiger charge is 2.63. The standard InChI is InChI=1S/C30H28ClN3O9/c1-12-9-14-20(25(36)30(12)26(37)21-17(41-5)11-18(42-6)23(31)24(21)43-30)19(13-7-8-16(40-4)15(35)10-13)22-27(32-14)33(2)29(39)34(3)28(22)38/h7-8,10-12,19,32,35H,9H2,1-6H3/t12-,19-,30+/m1/s1. The second-order valence-electron chi connectivity index (χ2n) is 10.7. The normalized spacial score (nSPS) is 22.0. The number of ether oxygens (including phenoxy) is 4. The average Bonchev–Trinajstić information content (AvgIpc) is 3.31. The molecule has 3 atom stereocenters. The van der Waals surface area contributed by atoms with Gasteiger partial charge in [0.2, 0.25) is 17.2 Å². The largest absolute Gasteiger partial charge is 0.504 e. The fraction of sp³-hybridized carbons (Fsp3) is 0.333. The number of phenols is 1. The molecule has 0 radical (unpaired) electrons. The van der Waals surface area contributed by atoms with Gasteiger partial charge >= 0.3 is 5.69 Å². The van der Waals surface area contributed by atoms with Crippen LogP contribution in [0.25, 0.3) is 0 Å². The highest BCUT2D eigenvalue weighted by atomic mass is 35.5. The van der Waals surface area contributed by atoms with Crippen molar-refractivity contribution in [3.63, 3.8) is 0 Å². The third-order valence-corrected chi connectivity index (χ3v) is 8.97. The molecule has 2 aliphatic heterocycles. The van der Waals surface area contributed by atoms with Crippen LogP contribution in [0, 0.1) is 5.92 Å². The van der Waals surface area contributed by atoms with Crippen molar-refractivity contribution in [1.29, 1.82) is 0 Å². The zero-order valence-electron chi connectivity index (χ0n) is 24.2. The van der Waals surface area contributed by atoms with Crippen molar-refractivity contribution in [1.82, 2.24) is 9.13 Å². The minimum atomic E-state index is -2.04. The molecule has 3 heterocycles. The summed E-state index contributed by atoms with van der Waals surface area (Å²) in [5, 5.41) is 13.9. The van der Waals surface area contributed by atoms with Gasteiger partial charge in [0.15, 0.2) is 17.2 Å². The van der Waals surface area contributed by atoms with Gasteiger partial charge < -0.3 is 29.4 Å². The average molecular weight is 610 g/mol. The Hall–Kier alpha value is -4.71. The zero-order valence-corrected chi connectivity index (χ0v) is 24.9. The van der Waals surface area contributed by atoms with Gasteiger partial charge in [-0.2, -0.15) is 0 Å². The second-order valence-corrected chi connectivity index (χ2v) is 11.1. The molecule has 3 aliphatic rings. The summed E-state index contributed by atoms with van der Waals surface area (Å²) in [7, 11) is 7.03. The Morgan fingerprint density at radius 1 is 0.977 bits per heavy atom. The van der Waals surface area contributed by atoms with Gasteiger partial charge in [0, 0.05) is 43.3 Å². The number of rotatable bonds is 4. The number of hydrogen-bond acceptors (Lipinski definition) is 10. The lowest BCUT2D eigenvalue weighted by molar-refractivity contribution is -0.130. The summed E-state index contributed by atoms with van der Waals surface area (Å²) in [5.41, 5.74) is -2.27. The van der Waals surface area contributed by atoms with E-state index in [4.69, 9.17) is 30.5 Å². The van der Waals surface area contributed by atoms with E-state index in [-0.39, 0.29) is 62.7 Å². The minimum Gasteiger partial charge on any atom is -0.504 e. The smallest absolute Gasteiger partial charge is 0.332 e. The van der Waals surface area contributed by atoms with E-state index in [9.17, 15) is 24.3 Å². The number of hydrogen-bond donors (Lipinski definition) is 2. The van der Waals surface area contributed by atoms with Gasteiger partial charge in [-0.15, -0.1) is 0 Å². The molecule has 2 N–H and O–H groups in total. The molecule has 0 saturated carbocycles. The second kappa shape index (κ2) is 9.66. The number of allylic oxidation sites excluding steroid dienone is 1. The molecule has 1 aromatic heterocycles. The lowest BCUT2D eigenvalue weighted by Crippen LogP contribution is -2.58. The van der Waals surface area contributed by atoms with E-state index >= 15 is 0 Å². The van der Waals surface area contributed by atoms with Gasteiger partial charge in [-0.1, -0.05) is 24.6 Å². The maximum atomic E-state index is 14.9.